The maximum Gasteiger partial charge on any atom is 0.109 e. The fraction of sp³-hybridized carbons (Fsp3) is 0.429. The van der Waals surface area contributed by atoms with E-state index >= 15 is 0 Å². The van der Waals surface area contributed by atoms with Gasteiger partial charge in [-0.3, -0.25) is 4.98 Å². The summed E-state index contributed by atoms with van der Waals surface area (Å²) < 4.78 is 2.08. The van der Waals surface area contributed by atoms with Crippen LogP contribution in [0, 0.1) is 0 Å². The molecule has 2 rings (SSSR count). The van der Waals surface area contributed by atoms with Gasteiger partial charge in [0.05, 0.1) is 0 Å². The molecule has 1 unspecified atom stereocenters. The van der Waals surface area contributed by atoms with E-state index in [0.29, 0.717) is 6.04 Å². The van der Waals surface area contributed by atoms with E-state index in [-0.39, 0.29) is 0 Å². The van der Waals surface area contributed by atoms with Crippen molar-refractivity contribution in [3.8, 4) is 0 Å². The Labute approximate surface area is 108 Å². The molecule has 4 heteroatoms. The quantitative estimate of drug-likeness (QED) is 0.839. The minimum Gasteiger partial charge on any atom is -0.338 e. The second kappa shape index (κ2) is 6.31. The molecule has 0 saturated heterocycles. The molecule has 1 N–H and O–H groups in total. The summed E-state index contributed by atoms with van der Waals surface area (Å²) in [5, 5.41) is 3.52. The number of nitrogens with one attached hydrogen (secondary N) is 1. The molecule has 2 heterocycles. The number of aromatic nitrogens is 3. The van der Waals surface area contributed by atoms with Crippen molar-refractivity contribution in [3.05, 3.63) is 48.3 Å². The minimum atomic E-state index is 0.415. The van der Waals surface area contributed by atoms with Crippen LogP contribution in [-0.4, -0.2) is 27.1 Å². The second-order valence-corrected chi connectivity index (χ2v) is 4.47. The van der Waals surface area contributed by atoms with Crippen LogP contribution in [0.1, 0.15) is 18.3 Å². The van der Waals surface area contributed by atoms with Gasteiger partial charge in [-0.1, -0.05) is 6.92 Å². The predicted molar refractivity (Wildman–Crippen MR) is 72.3 cm³/mol. The summed E-state index contributed by atoms with van der Waals surface area (Å²) in [6.45, 7) is 3.11. The molecular formula is C14H20N4. The van der Waals surface area contributed by atoms with Gasteiger partial charge in [0, 0.05) is 44.3 Å². The van der Waals surface area contributed by atoms with Crippen molar-refractivity contribution >= 4 is 0 Å². The van der Waals surface area contributed by atoms with Crippen LogP contribution in [0.3, 0.4) is 0 Å². The van der Waals surface area contributed by atoms with Crippen LogP contribution in [0.25, 0.3) is 0 Å². The third-order valence-corrected chi connectivity index (χ3v) is 3.07. The molecule has 0 radical (unpaired) electrons. The Morgan fingerprint density at radius 3 is 2.61 bits per heavy atom. The van der Waals surface area contributed by atoms with Crippen LogP contribution in [0.15, 0.2) is 36.9 Å². The lowest BCUT2D eigenvalue weighted by atomic mass is 10.0. The minimum absolute atomic E-state index is 0.415. The average Bonchev–Trinajstić information content (AvgIpc) is 2.77. The van der Waals surface area contributed by atoms with Crippen molar-refractivity contribution in [3.63, 3.8) is 0 Å². The van der Waals surface area contributed by atoms with Crippen molar-refractivity contribution in [1.29, 1.82) is 0 Å². The Kier molecular flexibility index (Phi) is 4.47. The summed E-state index contributed by atoms with van der Waals surface area (Å²) >= 11 is 0. The molecule has 0 spiro atoms. The highest BCUT2D eigenvalue weighted by molar-refractivity contribution is 5.12. The summed E-state index contributed by atoms with van der Waals surface area (Å²) in [4.78, 5) is 8.44. The molecule has 0 bridgehead atoms. The Morgan fingerprint density at radius 1 is 1.22 bits per heavy atom. The zero-order valence-electron chi connectivity index (χ0n) is 11.0. The molecule has 0 aromatic carbocycles. The fourth-order valence-electron chi connectivity index (χ4n) is 2.12. The number of likely N-dealkylation sites (N-methyl/N-ethyl adjacent to an activating group) is 1. The molecule has 2 aromatic heterocycles. The molecule has 18 heavy (non-hydrogen) atoms. The number of imidazole rings is 1. The summed E-state index contributed by atoms with van der Waals surface area (Å²) in [5.74, 6) is 1.12. The van der Waals surface area contributed by atoms with Crippen LogP contribution in [-0.2, 0) is 19.9 Å². The summed E-state index contributed by atoms with van der Waals surface area (Å²) in [6.07, 6.45) is 9.48. The van der Waals surface area contributed by atoms with E-state index in [9.17, 15) is 0 Å². The van der Waals surface area contributed by atoms with Gasteiger partial charge in [0.25, 0.3) is 0 Å². The molecular weight excluding hydrogens is 224 g/mol. The van der Waals surface area contributed by atoms with Crippen molar-refractivity contribution in [2.75, 3.05) is 6.54 Å². The highest BCUT2D eigenvalue weighted by Gasteiger charge is 2.12. The first-order valence-electron chi connectivity index (χ1n) is 6.38. The normalized spacial score (nSPS) is 12.6. The van der Waals surface area contributed by atoms with E-state index in [1.54, 1.807) is 0 Å². The van der Waals surface area contributed by atoms with Crippen molar-refractivity contribution < 1.29 is 0 Å². The first-order valence-corrected chi connectivity index (χ1v) is 6.38. The first-order chi connectivity index (χ1) is 8.79. The molecule has 0 aliphatic heterocycles. The van der Waals surface area contributed by atoms with Crippen molar-refractivity contribution in [2.45, 2.75) is 25.8 Å². The number of hydrogen-bond donors (Lipinski definition) is 1. The van der Waals surface area contributed by atoms with Crippen LogP contribution >= 0.6 is 0 Å². The zero-order chi connectivity index (χ0) is 12.8. The van der Waals surface area contributed by atoms with Gasteiger partial charge in [0.1, 0.15) is 5.82 Å². The molecule has 1 atom stereocenters. The first kappa shape index (κ1) is 12.8. The smallest absolute Gasteiger partial charge is 0.109 e. The Balaban J connectivity index is 2.02. The van der Waals surface area contributed by atoms with Crippen molar-refractivity contribution in [1.82, 2.24) is 19.9 Å². The van der Waals surface area contributed by atoms with Gasteiger partial charge in [-0.05, 0) is 30.7 Å². The van der Waals surface area contributed by atoms with E-state index in [1.165, 1.54) is 5.56 Å². The lowest BCUT2D eigenvalue weighted by molar-refractivity contribution is 0.504. The molecule has 0 saturated carbocycles. The third-order valence-electron chi connectivity index (χ3n) is 3.07. The van der Waals surface area contributed by atoms with Gasteiger partial charge >= 0.3 is 0 Å². The maximum atomic E-state index is 4.39. The zero-order valence-corrected chi connectivity index (χ0v) is 11.0. The number of rotatable bonds is 6. The monoisotopic (exact) mass is 244 g/mol. The highest BCUT2D eigenvalue weighted by atomic mass is 15.0. The van der Waals surface area contributed by atoms with Gasteiger partial charge < -0.3 is 9.88 Å². The van der Waals surface area contributed by atoms with E-state index in [0.717, 1.165) is 25.2 Å². The van der Waals surface area contributed by atoms with Gasteiger partial charge in [-0.15, -0.1) is 0 Å². The Morgan fingerprint density at radius 2 is 2.00 bits per heavy atom. The van der Waals surface area contributed by atoms with Crippen LogP contribution in [0.2, 0.25) is 0 Å². The Hall–Kier alpha value is -1.68. The van der Waals surface area contributed by atoms with Gasteiger partial charge in [0.15, 0.2) is 0 Å². The molecule has 0 aliphatic rings. The molecule has 4 nitrogen and oxygen atoms in total. The number of aryl methyl sites for hydroxylation is 1. The molecule has 0 fully saturated rings. The summed E-state index contributed by atoms with van der Waals surface area (Å²) in [6, 6.07) is 4.56. The topological polar surface area (TPSA) is 42.7 Å². The molecule has 2 aromatic rings. The molecule has 0 amide bonds. The Bertz CT molecular complexity index is 464. The molecule has 0 aliphatic carbocycles. The van der Waals surface area contributed by atoms with E-state index in [2.05, 4.69) is 38.9 Å². The van der Waals surface area contributed by atoms with E-state index in [1.807, 2.05) is 31.8 Å². The number of hydrogen-bond acceptors (Lipinski definition) is 3. The maximum absolute atomic E-state index is 4.39. The lowest BCUT2D eigenvalue weighted by Crippen LogP contribution is -2.33. The molecule has 96 valence electrons. The average molecular weight is 244 g/mol. The standard InChI is InChI=1S/C14H20N4/c1-3-16-13(10-12-4-6-15-7-5-12)11-14-17-8-9-18(14)2/h4-9,13,16H,3,10-11H2,1-2H3. The van der Waals surface area contributed by atoms with Crippen LogP contribution in [0.5, 0.6) is 0 Å². The van der Waals surface area contributed by atoms with Crippen LogP contribution < -0.4 is 5.32 Å². The fourth-order valence-corrected chi connectivity index (χ4v) is 2.12. The second-order valence-electron chi connectivity index (χ2n) is 4.47. The SMILES string of the molecule is CCNC(Cc1ccncc1)Cc1nccn1C. The lowest BCUT2D eigenvalue weighted by Gasteiger charge is -2.17. The van der Waals surface area contributed by atoms with Crippen LogP contribution in [0.4, 0.5) is 0 Å². The number of nitrogens with zero attached hydrogens (tertiary/aromatic N) is 3. The largest absolute Gasteiger partial charge is 0.338 e. The van der Waals surface area contributed by atoms with E-state index < -0.39 is 0 Å². The van der Waals surface area contributed by atoms with Crippen molar-refractivity contribution in [2.24, 2.45) is 7.05 Å². The third kappa shape index (κ3) is 3.40. The number of pyridine rings is 1. The predicted octanol–water partition coefficient (Wildman–Crippen LogP) is 1.58. The summed E-state index contributed by atoms with van der Waals surface area (Å²) in [5.41, 5.74) is 1.31. The van der Waals surface area contributed by atoms with Gasteiger partial charge in [-0.25, -0.2) is 4.98 Å². The van der Waals surface area contributed by atoms with E-state index in [4.69, 9.17) is 0 Å². The summed E-state index contributed by atoms with van der Waals surface area (Å²) in [7, 11) is 2.04. The van der Waals surface area contributed by atoms with Gasteiger partial charge in [-0.2, -0.15) is 0 Å². The van der Waals surface area contributed by atoms with Gasteiger partial charge in [0.2, 0.25) is 0 Å². The highest BCUT2D eigenvalue weighted by Crippen LogP contribution is 2.07.